The van der Waals surface area contributed by atoms with Crippen LogP contribution in [0.5, 0.6) is 0 Å². The molecule has 0 atom stereocenters. The second kappa shape index (κ2) is 7.33. The van der Waals surface area contributed by atoms with Crippen LogP contribution in [0.2, 0.25) is 0 Å². The first kappa shape index (κ1) is 14.9. The molecule has 0 radical (unpaired) electrons. The first-order chi connectivity index (χ1) is 10.2. The van der Waals surface area contributed by atoms with Crippen molar-refractivity contribution in [2.75, 3.05) is 11.9 Å². The Balaban J connectivity index is 1.97. The SMILES string of the molecule is CCCCNC(=O)c1cnc(Nc2cccc(F)c2)nc1. The quantitative estimate of drug-likeness (QED) is 0.802. The Labute approximate surface area is 122 Å². The highest BCUT2D eigenvalue weighted by Gasteiger charge is 2.06. The van der Waals surface area contributed by atoms with E-state index in [2.05, 4.69) is 27.5 Å². The predicted molar refractivity (Wildman–Crippen MR) is 79.0 cm³/mol. The van der Waals surface area contributed by atoms with Crippen molar-refractivity contribution in [3.8, 4) is 0 Å². The molecule has 6 heteroatoms. The Kier molecular flexibility index (Phi) is 5.20. The second-order valence-corrected chi connectivity index (χ2v) is 4.54. The molecule has 0 unspecified atom stereocenters. The van der Waals surface area contributed by atoms with Crippen LogP contribution in [-0.2, 0) is 0 Å². The van der Waals surface area contributed by atoms with E-state index in [9.17, 15) is 9.18 Å². The lowest BCUT2D eigenvalue weighted by Gasteiger charge is -2.06. The van der Waals surface area contributed by atoms with Crippen molar-refractivity contribution in [1.82, 2.24) is 15.3 Å². The minimum atomic E-state index is -0.341. The summed E-state index contributed by atoms with van der Waals surface area (Å²) < 4.78 is 13.1. The minimum Gasteiger partial charge on any atom is -0.352 e. The van der Waals surface area contributed by atoms with Crippen LogP contribution in [0, 0.1) is 5.82 Å². The van der Waals surface area contributed by atoms with Crippen molar-refractivity contribution < 1.29 is 9.18 Å². The van der Waals surface area contributed by atoms with E-state index in [4.69, 9.17) is 0 Å². The summed E-state index contributed by atoms with van der Waals surface area (Å²) in [6.07, 6.45) is 4.84. The van der Waals surface area contributed by atoms with E-state index in [1.54, 1.807) is 12.1 Å². The number of benzene rings is 1. The third-order valence-corrected chi connectivity index (χ3v) is 2.81. The summed E-state index contributed by atoms with van der Waals surface area (Å²) in [4.78, 5) is 19.9. The van der Waals surface area contributed by atoms with Gasteiger partial charge < -0.3 is 10.6 Å². The van der Waals surface area contributed by atoms with Crippen LogP contribution in [-0.4, -0.2) is 22.4 Å². The zero-order chi connectivity index (χ0) is 15.1. The van der Waals surface area contributed by atoms with Gasteiger partial charge in [0.1, 0.15) is 5.82 Å². The fraction of sp³-hybridized carbons (Fsp3) is 0.267. The third kappa shape index (κ3) is 4.52. The lowest BCUT2D eigenvalue weighted by molar-refractivity contribution is 0.0952. The molecule has 0 saturated carbocycles. The molecule has 0 saturated heterocycles. The van der Waals surface area contributed by atoms with Crippen LogP contribution in [0.25, 0.3) is 0 Å². The summed E-state index contributed by atoms with van der Waals surface area (Å²) >= 11 is 0. The Bertz CT molecular complexity index is 601. The number of hydrogen-bond donors (Lipinski definition) is 2. The molecule has 1 aromatic carbocycles. The number of hydrogen-bond acceptors (Lipinski definition) is 4. The van der Waals surface area contributed by atoms with Gasteiger partial charge in [-0.05, 0) is 24.6 Å². The van der Waals surface area contributed by atoms with Gasteiger partial charge in [-0.15, -0.1) is 0 Å². The lowest BCUT2D eigenvalue weighted by atomic mass is 10.3. The number of nitrogens with one attached hydrogen (secondary N) is 2. The first-order valence-corrected chi connectivity index (χ1v) is 6.82. The Hall–Kier alpha value is -2.50. The summed E-state index contributed by atoms with van der Waals surface area (Å²) in [6, 6.07) is 6.00. The molecule has 110 valence electrons. The number of carbonyl (C=O) groups excluding carboxylic acids is 1. The van der Waals surface area contributed by atoms with Crippen molar-refractivity contribution in [2.45, 2.75) is 19.8 Å². The number of aromatic nitrogens is 2. The van der Waals surface area contributed by atoms with E-state index in [1.807, 2.05) is 0 Å². The number of halogens is 1. The van der Waals surface area contributed by atoms with Gasteiger partial charge >= 0.3 is 0 Å². The van der Waals surface area contributed by atoms with Crippen molar-refractivity contribution in [2.24, 2.45) is 0 Å². The van der Waals surface area contributed by atoms with Gasteiger partial charge in [0, 0.05) is 24.6 Å². The van der Waals surface area contributed by atoms with Gasteiger partial charge in [-0.2, -0.15) is 0 Å². The fourth-order valence-corrected chi connectivity index (χ4v) is 1.69. The molecule has 0 spiro atoms. The molecule has 21 heavy (non-hydrogen) atoms. The van der Waals surface area contributed by atoms with Crippen LogP contribution in [0.4, 0.5) is 16.0 Å². The van der Waals surface area contributed by atoms with Gasteiger partial charge in [-0.25, -0.2) is 14.4 Å². The van der Waals surface area contributed by atoms with E-state index in [1.165, 1.54) is 24.5 Å². The van der Waals surface area contributed by atoms with Gasteiger partial charge in [0.25, 0.3) is 5.91 Å². The summed E-state index contributed by atoms with van der Waals surface area (Å²) in [6.45, 7) is 2.70. The summed E-state index contributed by atoms with van der Waals surface area (Å²) in [5, 5.41) is 5.66. The summed E-state index contributed by atoms with van der Waals surface area (Å²) in [7, 11) is 0. The Morgan fingerprint density at radius 3 is 2.71 bits per heavy atom. The van der Waals surface area contributed by atoms with E-state index in [0.717, 1.165) is 12.8 Å². The zero-order valence-electron chi connectivity index (χ0n) is 11.8. The lowest BCUT2D eigenvalue weighted by Crippen LogP contribution is -2.24. The van der Waals surface area contributed by atoms with Gasteiger partial charge in [-0.1, -0.05) is 19.4 Å². The van der Waals surface area contributed by atoms with Crippen molar-refractivity contribution in [3.05, 3.63) is 48.0 Å². The maximum Gasteiger partial charge on any atom is 0.254 e. The topological polar surface area (TPSA) is 66.9 Å². The van der Waals surface area contributed by atoms with Crippen LogP contribution in [0.1, 0.15) is 30.1 Å². The van der Waals surface area contributed by atoms with Gasteiger partial charge in [0.15, 0.2) is 0 Å². The highest BCUT2D eigenvalue weighted by Crippen LogP contribution is 2.13. The predicted octanol–water partition coefficient (Wildman–Crippen LogP) is 2.89. The molecular weight excluding hydrogens is 271 g/mol. The van der Waals surface area contributed by atoms with E-state index in [-0.39, 0.29) is 11.7 Å². The van der Waals surface area contributed by atoms with Crippen LogP contribution in [0.3, 0.4) is 0 Å². The number of unbranched alkanes of at least 4 members (excludes halogenated alkanes) is 1. The normalized spacial score (nSPS) is 10.2. The number of rotatable bonds is 6. The Morgan fingerprint density at radius 1 is 1.29 bits per heavy atom. The van der Waals surface area contributed by atoms with Crippen molar-refractivity contribution >= 4 is 17.5 Å². The minimum absolute atomic E-state index is 0.194. The van der Waals surface area contributed by atoms with Gasteiger partial charge in [0.05, 0.1) is 5.56 Å². The largest absolute Gasteiger partial charge is 0.352 e. The number of amides is 1. The first-order valence-electron chi connectivity index (χ1n) is 6.82. The smallest absolute Gasteiger partial charge is 0.254 e. The standard InChI is InChI=1S/C15H17FN4O/c1-2-3-7-17-14(21)11-9-18-15(19-10-11)20-13-6-4-5-12(16)8-13/h4-6,8-10H,2-3,7H2,1H3,(H,17,21)(H,18,19,20). The molecule has 2 N–H and O–H groups in total. The second-order valence-electron chi connectivity index (χ2n) is 4.54. The van der Waals surface area contributed by atoms with Gasteiger partial charge in [0.2, 0.25) is 5.95 Å². The van der Waals surface area contributed by atoms with Crippen LogP contribution < -0.4 is 10.6 Å². The molecule has 2 aromatic rings. The molecule has 0 bridgehead atoms. The van der Waals surface area contributed by atoms with E-state index in [0.29, 0.717) is 23.7 Å². The number of anilines is 2. The van der Waals surface area contributed by atoms with Crippen molar-refractivity contribution in [1.29, 1.82) is 0 Å². The summed E-state index contributed by atoms with van der Waals surface area (Å²) in [5.41, 5.74) is 0.950. The molecule has 1 heterocycles. The monoisotopic (exact) mass is 288 g/mol. The maximum absolute atomic E-state index is 13.1. The molecule has 0 aliphatic heterocycles. The average Bonchev–Trinajstić information content (AvgIpc) is 2.48. The fourth-order valence-electron chi connectivity index (χ4n) is 1.69. The molecule has 0 aliphatic carbocycles. The molecule has 1 amide bonds. The Morgan fingerprint density at radius 2 is 2.05 bits per heavy atom. The summed E-state index contributed by atoms with van der Waals surface area (Å²) in [5.74, 6) is -0.224. The highest BCUT2D eigenvalue weighted by atomic mass is 19.1. The van der Waals surface area contributed by atoms with E-state index >= 15 is 0 Å². The molecule has 2 rings (SSSR count). The average molecular weight is 288 g/mol. The van der Waals surface area contributed by atoms with Gasteiger partial charge in [-0.3, -0.25) is 4.79 Å². The number of carbonyl (C=O) groups is 1. The molecule has 0 aliphatic rings. The maximum atomic E-state index is 13.1. The highest BCUT2D eigenvalue weighted by molar-refractivity contribution is 5.93. The molecule has 0 fully saturated rings. The number of nitrogens with zero attached hydrogens (tertiary/aromatic N) is 2. The molecule has 1 aromatic heterocycles. The molecular formula is C15H17FN4O. The zero-order valence-corrected chi connectivity index (χ0v) is 11.8. The van der Waals surface area contributed by atoms with Crippen molar-refractivity contribution in [3.63, 3.8) is 0 Å². The van der Waals surface area contributed by atoms with Crippen LogP contribution in [0.15, 0.2) is 36.7 Å². The van der Waals surface area contributed by atoms with E-state index < -0.39 is 0 Å². The third-order valence-electron chi connectivity index (χ3n) is 2.81. The van der Waals surface area contributed by atoms with Crippen LogP contribution >= 0.6 is 0 Å². The molecule has 5 nitrogen and oxygen atoms in total.